The van der Waals surface area contributed by atoms with Crippen molar-refractivity contribution in [2.45, 2.75) is 58.8 Å². The molecule has 0 aliphatic carbocycles. The van der Waals surface area contributed by atoms with Crippen molar-refractivity contribution < 1.29 is 9.90 Å². The predicted octanol–water partition coefficient (Wildman–Crippen LogP) is 3.91. The van der Waals surface area contributed by atoms with Crippen LogP contribution in [0.4, 0.5) is 5.13 Å². The number of nitrogens with zero attached hydrogens (tertiary/aromatic N) is 2. The second kappa shape index (κ2) is 7.62. The minimum atomic E-state index is -0.921. The first kappa shape index (κ1) is 17.0. The second-order valence-electron chi connectivity index (χ2n) is 5.64. The molecule has 1 aromatic rings. The lowest BCUT2D eigenvalue weighted by Crippen LogP contribution is -2.30. The summed E-state index contributed by atoms with van der Waals surface area (Å²) in [6.07, 6.45) is 4.59. The minimum absolute atomic E-state index is 0.656. The Bertz CT molecular complexity index is 421. The number of aliphatic carboxylic acids is 1. The van der Waals surface area contributed by atoms with Crippen molar-refractivity contribution in [1.29, 1.82) is 0 Å². The van der Waals surface area contributed by atoms with Gasteiger partial charge in [0.2, 0.25) is 0 Å². The molecular weight excluding hydrogens is 272 g/mol. The van der Waals surface area contributed by atoms with Crippen molar-refractivity contribution in [2.75, 3.05) is 18.0 Å². The summed E-state index contributed by atoms with van der Waals surface area (Å²) in [7, 11) is 0. The molecule has 4 nitrogen and oxygen atoms in total. The molecule has 0 aromatic carbocycles. The Morgan fingerprint density at radius 1 is 1.30 bits per heavy atom. The molecule has 5 heteroatoms. The van der Waals surface area contributed by atoms with E-state index in [0.717, 1.165) is 43.9 Å². The first-order valence-electron chi connectivity index (χ1n) is 7.37. The quantitative estimate of drug-likeness (QED) is 0.751. The van der Waals surface area contributed by atoms with E-state index < -0.39 is 11.4 Å². The fourth-order valence-electron chi connectivity index (χ4n) is 1.81. The van der Waals surface area contributed by atoms with Gasteiger partial charge in [-0.1, -0.05) is 26.7 Å². The molecule has 0 unspecified atom stereocenters. The second-order valence-corrected chi connectivity index (χ2v) is 6.48. The van der Waals surface area contributed by atoms with Crippen molar-refractivity contribution in [2.24, 2.45) is 0 Å². The van der Waals surface area contributed by atoms with Crippen LogP contribution in [0.5, 0.6) is 0 Å². The average Bonchev–Trinajstić information content (AvgIpc) is 2.89. The first-order valence-corrected chi connectivity index (χ1v) is 8.25. The normalized spacial score (nSPS) is 11.6. The average molecular weight is 298 g/mol. The van der Waals surface area contributed by atoms with Gasteiger partial charge in [-0.05, 0) is 26.7 Å². The number of unbranched alkanes of at least 4 members (excludes halogenated alkanes) is 2. The Labute approximate surface area is 125 Å². The zero-order valence-electron chi connectivity index (χ0n) is 13.0. The number of carboxylic acid groups (broad SMARTS) is 1. The number of hydrogen-bond acceptors (Lipinski definition) is 4. The molecule has 0 atom stereocenters. The minimum Gasteiger partial charge on any atom is -0.481 e. The van der Waals surface area contributed by atoms with Crippen LogP contribution in [-0.2, 0) is 10.2 Å². The molecule has 114 valence electrons. The largest absolute Gasteiger partial charge is 0.481 e. The monoisotopic (exact) mass is 298 g/mol. The van der Waals surface area contributed by atoms with Gasteiger partial charge in [0.25, 0.3) is 0 Å². The molecule has 1 aromatic heterocycles. The maximum atomic E-state index is 11.3. The highest BCUT2D eigenvalue weighted by Crippen LogP contribution is 2.29. The van der Waals surface area contributed by atoms with Gasteiger partial charge in [0, 0.05) is 18.5 Å². The lowest BCUT2D eigenvalue weighted by molar-refractivity contribution is -0.142. The Balaban J connectivity index is 2.87. The molecule has 1 rings (SSSR count). The third-order valence-corrected chi connectivity index (χ3v) is 4.40. The van der Waals surface area contributed by atoms with Crippen LogP contribution < -0.4 is 4.90 Å². The van der Waals surface area contributed by atoms with Gasteiger partial charge in [-0.3, -0.25) is 4.79 Å². The number of aromatic nitrogens is 1. The van der Waals surface area contributed by atoms with Crippen LogP contribution in [0.2, 0.25) is 0 Å². The summed E-state index contributed by atoms with van der Waals surface area (Å²) in [5, 5.41) is 12.1. The zero-order chi connectivity index (χ0) is 15.2. The molecule has 0 aliphatic heterocycles. The van der Waals surface area contributed by atoms with Gasteiger partial charge >= 0.3 is 5.97 Å². The van der Waals surface area contributed by atoms with Crippen molar-refractivity contribution in [3.8, 4) is 0 Å². The van der Waals surface area contributed by atoms with Crippen LogP contribution >= 0.6 is 11.3 Å². The van der Waals surface area contributed by atoms with Crippen molar-refractivity contribution in [3.05, 3.63) is 11.1 Å². The van der Waals surface area contributed by atoms with Crippen molar-refractivity contribution in [3.63, 3.8) is 0 Å². The van der Waals surface area contributed by atoms with Crippen LogP contribution in [0.25, 0.3) is 0 Å². The highest BCUT2D eigenvalue weighted by molar-refractivity contribution is 7.13. The van der Waals surface area contributed by atoms with E-state index in [1.807, 2.05) is 5.38 Å². The summed E-state index contributed by atoms with van der Waals surface area (Å²) in [4.78, 5) is 18.2. The maximum Gasteiger partial charge on any atom is 0.315 e. The fourth-order valence-corrected chi connectivity index (χ4v) is 2.85. The van der Waals surface area contributed by atoms with E-state index in [2.05, 4.69) is 23.7 Å². The zero-order valence-corrected chi connectivity index (χ0v) is 13.8. The number of rotatable bonds is 9. The van der Waals surface area contributed by atoms with E-state index in [9.17, 15) is 9.90 Å². The highest BCUT2D eigenvalue weighted by Gasteiger charge is 2.32. The summed E-state index contributed by atoms with van der Waals surface area (Å²) in [6.45, 7) is 9.76. The lowest BCUT2D eigenvalue weighted by Gasteiger charge is -2.22. The van der Waals surface area contributed by atoms with Crippen LogP contribution in [0.15, 0.2) is 5.38 Å². The third-order valence-electron chi connectivity index (χ3n) is 3.50. The third kappa shape index (κ3) is 4.20. The van der Waals surface area contributed by atoms with Gasteiger partial charge in [0.1, 0.15) is 5.41 Å². The van der Waals surface area contributed by atoms with Crippen LogP contribution in [-0.4, -0.2) is 29.1 Å². The van der Waals surface area contributed by atoms with E-state index in [4.69, 9.17) is 0 Å². The molecule has 0 bridgehead atoms. The Kier molecular flexibility index (Phi) is 6.46. The molecule has 1 heterocycles. The summed E-state index contributed by atoms with van der Waals surface area (Å²) < 4.78 is 0. The van der Waals surface area contributed by atoms with E-state index in [-0.39, 0.29) is 0 Å². The molecule has 0 saturated heterocycles. The lowest BCUT2D eigenvalue weighted by atomic mass is 9.90. The van der Waals surface area contributed by atoms with E-state index in [1.165, 1.54) is 0 Å². The summed E-state index contributed by atoms with van der Waals surface area (Å²) in [5.74, 6) is -0.831. The van der Waals surface area contributed by atoms with E-state index in [0.29, 0.717) is 5.69 Å². The topological polar surface area (TPSA) is 53.4 Å². The molecule has 0 saturated carbocycles. The van der Waals surface area contributed by atoms with Gasteiger partial charge in [0.15, 0.2) is 5.13 Å². The molecule has 0 spiro atoms. The van der Waals surface area contributed by atoms with Crippen LogP contribution in [0.3, 0.4) is 0 Å². The summed E-state index contributed by atoms with van der Waals surface area (Å²) in [6, 6.07) is 0. The number of anilines is 1. The molecule has 20 heavy (non-hydrogen) atoms. The highest BCUT2D eigenvalue weighted by atomic mass is 32.1. The maximum absolute atomic E-state index is 11.3. The standard InChI is InChI=1S/C15H26N2O2S/c1-5-7-9-17(10-8-6-2)14-16-12(11-20-14)15(3,4)13(18)19/h11H,5-10H2,1-4H3,(H,18,19). The Hall–Kier alpha value is -1.10. The summed E-state index contributed by atoms with van der Waals surface area (Å²) >= 11 is 1.55. The van der Waals surface area contributed by atoms with Crippen LogP contribution in [0, 0.1) is 0 Å². The van der Waals surface area contributed by atoms with Gasteiger partial charge in [-0.15, -0.1) is 11.3 Å². The molecule has 0 fully saturated rings. The van der Waals surface area contributed by atoms with Gasteiger partial charge in [-0.25, -0.2) is 4.98 Å². The van der Waals surface area contributed by atoms with E-state index >= 15 is 0 Å². The predicted molar refractivity (Wildman–Crippen MR) is 84.8 cm³/mol. The van der Waals surface area contributed by atoms with Crippen molar-refractivity contribution >= 4 is 22.4 Å². The fraction of sp³-hybridized carbons (Fsp3) is 0.733. The smallest absolute Gasteiger partial charge is 0.315 e. The Morgan fingerprint density at radius 3 is 2.30 bits per heavy atom. The van der Waals surface area contributed by atoms with Gasteiger partial charge in [0.05, 0.1) is 5.69 Å². The number of carboxylic acids is 1. The number of thiazole rings is 1. The first-order chi connectivity index (χ1) is 9.43. The Morgan fingerprint density at radius 2 is 1.85 bits per heavy atom. The molecule has 0 amide bonds. The molecule has 0 aliphatic rings. The number of carbonyl (C=O) groups is 1. The number of hydrogen-bond donors (Lipinski definition) is 1. The van der Waals surface area contributed by atoms with E-state index in [1.54, 1.807) is 25.2 Å². The summed E-state index contributed by atoms with van der Waals surface area (Å²) in [5.41, 5.74) is -0.265. The molecule has 0 radical (unpaired) electrons. The van der Waals surface area contributed by atoms with Crippen LogP contribution in [0.1, 0.15) is 59.1 Å². The molecular formula is C15H26N2O2S. The van der Waals surface area contributed by atoms with Gasteiger partial charge in [-0.2, -0.15) is 0 Å². The molecule has 1 N–H and O–H groups in total. The SMILES string of the molecule is CCCCN(CCCC)c1nc(C(C)(C)C(=O)O)cs1. The van der Waals surface area contributed by atoms with Crippen molar-refractivity contribution in [1.82, 2.24) is 4.98 Å². The van der Waals surface area contributed by atoms with Gasteiger partial charge < -0.3 is 10.0 Å².